The molecule has 1 saturated heterocycles. The molecule has 6 heteroatoms. The molecule has 0 radical (unpaired) electrons. The zero-order valence-electron chi connectivity index (χ0n) is 9.41. The lowest BCUT2D eigenvalue weighted by atomic mass is 10.2. The molecule has 15 heavy (non-hydrogen) atoms. The van der Waals surface area contributed by atoms with Crippen LogP contribution in [0.3, 0.4) is 0 Å². The highest BCUT2D eigenvalue weighted by atomic mass is 32.2. The van der Waals surface area contributed by atoms with E-state index >= 15 is 0 Å². The maximum Gasteiger partial charge on any atom is 0.441 e. The molecule has 0 bridgehead atoms. The molecule has 1 heterocycles. The van der Waals surface area contributed by atoms with Gasteiger partial charge in [0.1, 0.15) is 5.60 Å². The molecule has 0 aromatic heterocycles. The third-order valence-corrected chi connectivity index (χ3v) is 3.96. The van der Waals surface area contributed by atoms with Gasteiger partial charge in [-0.1, -0.05) is 0 Å². The van der Waals surface area contributed by atoms with Crippen LogP contribution in [-0.4, -0.2) is 36.4 Å². The van der Waals surface area contributed by atoms with Gasteiger partial charge in [0.15, 0.2) is 0 Å². The van der Waals surface area contributed by atoms with Crippen molar-refractivity contribution >= 4 is 15.7 Å². The van der Waals surface area contributed by atoms with Gasteiger partial charge in [-0.05, 0) is 30.4 Å². The van der Waals surface area contributed by atoms with Gasteiger partial charge in [0.05, 0.1) is 13.2 Å². The van der Waals surface area contributed by atoms with E-state index in [1.54, 1.807) is 20.8 Å². The van der Waals surface area contributed by atoms with E-state index in [0.717, 1.165) is 0 Å². The van der Waals surface area contributed by atoms with Gasteiger partial charge in [-0.25, -0.2) is 4.79 Å². The first-order valence-electron chi connectivity index (χ1n) is 4.88. The van der Waals surface area contributed by atoms with Gasteiger partial charge in [-0.3, -0.25) is 4.78 Å². The van der Waals surface area contributed by atoms with Gasteiger partial charge in [0.2, 0.25) is 0 Å². The van der Waals surface area contributed by atoms with Crippen molar-refractivity contribution in [2.75, 3.05) is 24.7 Å². The number of hydrogen-bond donors (Lipinski definition) is 1. The second kappa shape index (κ2) is 4.49. The largest absolute Gasteiger partial charge is 0.442 e. The number of nitrogens with one attached hydrogen (secondary N) is 1. The molecule has 0 spiro atoms. The van der Waals surface area contributed by atoms with Gasteiger partial charge in [0.25, 0.3) is 0 Å². The molecule has 0 aromatic rings. The Bertz CT molecular complexity index is 339. The molecule has 5 nitrogen and oxygen atoms in total. The van der Waals surface area contributed by atoms with Crippen molar-refractivity contribution in [3.63, 3.8) is 0 Å². The Hall–Kier alpha value is -0.620. The first-order chi connectivity index (χ1) is 6.81. The number of nitrogens with zero attached hydrogens (tertiary/aromatic N) is 1. The number of amides is 1. The average Bonchev–Trinajstić information content (AvgIpc) is 1.99. The molecule has 0 saturated carbocycles. The lowest BCUT2D eigenvalue weighted by Crippen LogP contribution is -2.27. The fourth-order valence-corrected chi connectivity index (χ4v) is 2.61. The topological polar surface area (TPSA) is 71.7 Å². The van der Waals surface area contributed by atoms with Crippen molar-refractivity contribution in [1.29, 1.82) is 4.78 Å². The SMILES string of the molecule is CC(C)(C)OC(=O)N=S1(=N)CCOCC1. The highest BCUT2D eigenvalue weighted by molar-refractivity contribution is 7.94. The molecule has 1 fully saturated rings. The quantitative estimate of drug-likeness (QED) is 0.697. The van der Waals surface area contributed by atoms with Crippen molar-refractivity contribution < 1.29 is 14.3 Å². The number of ether oxygens (including phenoxy) is 2. The summed E-state index contributed by atoms with van der Waals surface area (Å²) in [4.78, 5) is 11.4. The molecular formula is C9H18N2O3S. The Labute approximate surface area is 90.8 Å². The smallest absolute Gasteiger partial charge is 0.441 e. The van der Waals surface area contributed by atoms with E-state index in [0.29, 0.717) is 24.7 Å². The molecule has 1 aliphatic heterocycles. The highest BCUT2D eigenvalue weighted by Crippen LogP contribution is 2.11. The summed E-state index contributed by atoms with van der Waals surface area (Å²) < 4.78 is 22.1. The first kappa shape index (κ1) is 12.4. The summed E-state index contributed by atoms with van der Waals surface area (Å²) >= 11 is 0. The Morgan fingerprint density at radius 2 is 1.93 bits per heavy atom. The zero-order valence-corrected chi connectivity index (χ0v) is 10.2. The molecular weight excluding hydrogens is 216 g/mol. The van der Waals surface area contributed by atoms with Crippen LogP contribution in [0, 0.1) is 4.78 Å². The van der Waals surface area contributed by atoms with Crippen LogP contribution in [0.2, 0.25) is 0 Å². The Balaban J connectivity index is 2.69. The highest BCUT2D eigenvalue weighted by Gasteiger charge is 2.18. The van der Waals surface area contributed by atoms with Crippen LogP contribution >= 0.6 is 0 Å². The van der Waals surface area contributed by atoms with Gasteiger partial charge < -0.3 is 9.47 Å². The minimum absolute atomic E-state index is 0.519. The fourth-order valence-electron chi connectivity index (χ4n) is 1.11. The van der Waals surface area contributed by atoms with Gasteiger partial charge in [0, 0.05) is 11.5 Å². The summed E-state index contributed by atoms with van der Waals surface area (Å²) in [5.41, 5.74) is -0.540. The molecule has 0 unspecified atom stereocenters. The summed E-state index contributed by atoms with van der Waals surface area (Å²) in [6.07, 6.45) is -0.616. The molecule has 1 rings (SSSR count). The predicted molar refractivity (Wildman–Crippen MR) is 59.3 cm³/mol. The minimum Gasteiger partial charge on any atom is -0.442 e. The average molecular weight is 234 g/mol. The van der Waals surface area contributed by atoms with Crippen LogP contribution < -0.4 is 0 Å². The van der Waals surface area contributed by atoms with Crippen LogP contribution in [0.5, 0.6) is 0 Å². The standard InChI is InChI=1S/C9H18N2O3S/c1-9(2,3)14-8(12)11-15(10)6-4-13-5-7-15/h10H,4-7H2,1-3H3. The lowest BCUT2D eigenvalue weighted by Gasteiger charge is -2.21. The van der Waals surface area contributed by atoms with Crippen LogP contribution in [0.1, 0.15) is 20.8 Å². The van der Waals surface area contributed by atoms with E-state index in [1.165, 1.54) is 0 Å². The molecule has 1 aliphatic rings. The first-order valence-corrected chi connectivity index (χ1v) is 6.81. The monoisotopic (exact) mass is 234 g/mol. The Morgan fingerprint density at radius 1 is 1.40 bits per heavy atom. The summed E-state index contributed by atoms with van der Waals surface area (Å²) in [5, 5.41) is 0. The predicted octanol–water partition coefficient (Wildman–Crippen LogP) is 2.05. The number of carbonyl (C=O) groups excluding carboxylic acids is 1. The fraction of sp³-hybridized carbons (Fsp3) is 0.889. The lowest BCUT2D eigenvalue weighted by molar-refractivity contribution is 0.0607. The van der Waals surface area contributed by atoms with Crippen LogP contribution in [0.15, 0.2) is 4.36 Å². The van der Waals surface area contributed by atoms with E-state index in [2.05, 4.69) is 4.36 Å². The maximum atomic E-state index is 11.4. The van der Waals surface area contributed by atoms with Crippen molar-refractivity contribution in [3.8, 4) is 0 Å². The van der Waals surface area contributed by atoms with Crippen LogP contribution in [0.25, 0.3) is 0 Å². The third-order valence-electron chi connectivity index (χ3n) is 1.77. The minimum atomic E-state index is -1.94. The summed E-state index contributed by atoms with van der Waals surface area (Å²) in [6, 6.07) is 0. The molecule has 1 N–H and O–H groups in total. The van der Waals surface area contributed by atoms with Crippen LogP contribution in [-0.2, 0) is 19.1 Å². The maximum absolute atomic E-state index is 11.4. The molecule has 88 valence electrons. The van der Waals surface area contributed by atoms with Crippen LogP contribution in [0.4, 0.5) is 4.79 Å². The van der Waals surface area contributed by atoms with Crippen molar-refractivity contribution in [2.45, 2.75) is 26.4 Å². The molecule has 0 aromatic carbocycles. The summed E-state index contributed by atoms with van der Waals surface area (Å²) in [7, 11) is -1.94. The normalized spacial score (nSPS) is 20.7. The second-order valence-corrected chi connectivity index (χ2v) is 7.12. The van der Waals surface area contributed by atoms with Gasteiger partial charge in [-0.2, -0.15) is 0 Å². The van der Waals surface area contributed by atoms with Gasteiger partial charge in [-0.15, -0.1) is 4.36 Å². The Morgan fingerprint density at radius 3 is 2.40 bits per heavy atom. The number of hydrogen-bond acceptors (Lipinski definition) is 4. The van der Waals surface area contributed by atoms with E-state index in [4.69, 9.17) is 14.3 Å². The second-order valence-electron chi connectivity index (χ2n) is 4.43. The summed E-state index contributed by atoms with van der Waals surface area (Å²) in [6.45, 7) is 6.40. The number of carbonyl (C=O) groups is 1. The molecule has 0 aliphatic carbocycles. The van der Waals surface area contributed by atoms with E-state index in [1.807, 2.05) is 0 Å². The van der Waals surface area contributed by atoms with E-state index in [-0.39, 0.29) is 0 Å². The van der Waals surface area contributed by atoms with Gasteiger partial charge >= 0.3 is 6.09 Å². The molecule has 1 amide bonds. The third kappa shape index (κ3) is 4.61. The van der Waals surface area contributed by atoms with Crippen molar-refractivity contribution in [3.05, 3.63) is 0 Å². The Kier molecular flexibility index (Phi) is 3.72. The van der Waals surface area contributed by atoms with Crippen molar-refractivity contribution in [1.82, 2.24) is 0 Å². The number of rotatable bonds is 0. The van der Waals surface area contributed by atoms with Crippen molar-refractivity contribution in [2.24, 2.45) is 4.36 Å². The van der Waals surface area contributed by atoms with E-state index < -0.39 is 21.3 Å². The zero-order chi connectivity index (χ0) is 11.5. The van der Waals surface area contributed by atoms with E-state index in [9.17, 15) is 4.79 Å². The summed E-state index contributed by atoms with van der Waals surface area (Å²) in [5.74, 6) is 1.07. The molecule has 0 atom stereocenters.